The van der Waals surface area contributed by atoms with Crippen LogP contribution in [-0.4, -0.2) is 85.9 Å². The zero-order chi connectivity index (χ0) is 21.8. The number of amides is 3. The second kappa shape index (κ2) is 9.40. The molecule has 3 amide bonds. The Morgan fingerprint density at radius 3 is 2.37 bits per heavy atom. The van der Waals surface area contributed by atoms with Gasteiger partial charge in [0.05, 0.1) is 18.7 Å². The van der Waals surface area contributed by atoms with E-state index in [4.69, 9.17) is 4.74 Å². The second-order valence-corrected chi connectivity index (χ2v) is 7.88. The molecule has 0 unspecified atom stereocenters. The molecule has 1 N–H and O–H groups in total. The van der Waals surface area contributed by atoms with Gasteiger partial charge in [-0.15, -0.1) is 0 Å². The molecule has 1 aromatic rings. The molecular weight excluding hydrogens is 384 g/mol. The van der Waals surface area contributed by atoms with Crippen LogP contribution in [0.1, 0.15) is 25.3 Å². The highest BCUT2D eigenvalue weighted by molar-refractivity contribution is 6.35. The Balaban J connectivity index is 1.96. The Labute approximate surface area is 177 Å². The lowest BCUT2D eigenvalue weighted by atomic mass is 10.00. The number of nitrogens with zero attached hydrogens (tertiary/aromatic N) is 3. The van der Waals surface area contributed by atoms with Gasteiger partial charge in [-0.25, -0.2) is 0 Å². The maximum Gasteiger partial charge on any atom is 0.277 e. The number of nitrogens with one attached hydrogen (secondary N) is 1. The molecule has 2 aliphatic heterocycles. The van der Waals surface area contributed by atoms with E-state index in [1.54, 1.807) is 31.4 Å². The molecule has 2 heterocycles. The highest BCUT2D eigenvalue weighted by Crippen LogP contribution is 2.33. The first-order valence-electron chi connectivity index (χ1n) is 10.2. The maximum absolute atomic E-state index is 13.2. The summed E-state index contributed by atoms with van der Waals surface area (Å²) in [5.41, 5.74) is 2.16. The van der Waals surface area contributed by atoms with Crippen LogP contribution in [0.4, 0.5) is 5.69 Å². The summed E-state index contributed by atoms with van der Waals surface area (Å²) in [6.07, 6.45) is 1.87. The minimum atomic E-state index is -0.306. The molecule has 1 saturated heterocycles. The average molecular weight is 415 g/mol. The van der Waals surface area contributed by atoms with E-state index in [0.29, 0.717) is 22.5 Å². The average Bonchev–Trinajstić information content (AvgIpc) is 2.96. The van der Waals surface area contributed by atoms with Crippen molar-refractivity contribution >= 4 is 29.0 Å². The Kier molecular flexibility index (Phi) is 6.89. The number of methoxy groups -OCH3 is 1. The van der Waals surface area contributed by atoms with Gasteiger partial charge in [-0.05, 0) is 50.7 Å². The van der Waals surface area contributed by atoms with Crippen molar-refractivity contribution in [3.05, 3.63) is 35.5 Å². The lowest BCUT2D eigenvalue weighted by Crippen LogP contribution is -2.44. The van der Waals surface area contributed by atoms with E-state index in [0.717, 1.165) is 25.9 Å². The number of likely N-dealkylation sites (tertiary alicyclic amines) is 1. The maximum atomic E-state index is 13.2. The largest absolute Gasteiger partial charge is 0.383 e. The van der Waals surface area contributed by atoms with Crippen molar-refractivity contribution < 1.29 is 19.1 Å². The number of likely N-dealkylation sites (N-methyl/N-ethyl adjacent to an activating group) is 1. The number of anilines is 1. The van der Waals surface area contributed by atoms with Crippen LogP contribution >= 0.6 is 0 Å². The van der Waals surface area contributed by atoms with Crippen LogP contribution in [-0.2, 0) is 19.1 Å². The molecule has 1 fully saturated rings. The molecular formula is C22H30N4O4. The van der Waals surface area contributed by atoms with Gasteiger partial charge in [0.15, 0.2) is 0 Å². The molecule has 0 spiro atoms. The van der Waals surface area contributed by atoms with E-state index in [-0.39, 0.29) is 36.9 Å². The fourth-order valence-electron chi connectivity index (χ4n) is 4.02. The summed E-state index contributed by atoms with van der Waals surface area (Å²) in [5.74, 6) is -0.749. The van der Waals surface area contributed by atoms with Gasteiger partial charge in [0.1, 0.15) is 5.70 Å². The van der Waals surface area contributed by atoms with Crippen molar-refractivity contribution in [2.24, 2.45) is 0 Å². The highest BCUT2D eigenvalue weighted by Gasteiger charge is 2.42. The van der Waals surface area contributed by atoms with Crippen molar-refractivity contribution in [1.82, 2.24) is 14.7 Å². The van der Waals surface area contributed by atoms with Crippen LogP contribution in [0, 0.1) is 0 Å². The number of piperidine rings is 1. The first-order valence-corrected chi connectivity index (χ1v) is 10.2. The molecule has 1 aromatic carbocycles. The molecule has 0 saturated carbocycles. The minimum Gasteiger partial charge on any atom is -0.383 e. The third-order valence-electron chi connectivity index (χ3n) is 5.75. The summed E-state index contributed by atoms with van der Waals surface area (Å²) in [7, 11) is 5.54. The summed E-state index contributed by atoms with van der Waals surface area (Å²) >= 11 is 0. The highest BCUT2D eigenvalue weighted by atomic mass is 16.5. The van der Waals surface area contributed by atoms with Crippen LogP contribution < -0.4 is 5.32 Å². The van der Waals surface area contributed by atoms with Gasteiger partial charge in [0.2, 0.25) is 5.91 Å². The molecule has 0 aromatic heterocycles. The number of ether oxygens (including phenoxy) is 1. The van der Waals surface area contributed by atoms with Crippen LogP contribution in [0.2, 0.25) is 0 Å². The molecule has 0 aliphatic carbocycles. The molecule has 0 radical (unpaired) electrons. The second-order valence-electron chi connectivity index (χ2n) is 7.88. The summed E-state index contributed by atoms with van der Waals surface area (Å²) in [4.78, 5) is 43.3. The summed E-state index contributed by atoms with van der Waals surface area (Å²) in [6.45, 7) is 3.86. The summed E-state index contributed by atoms with van der Waals surface area (Å²) in [6, 6.07) is 7.23. The monoisotopic (exact) mass is 414 g/mol. The zero-order valence-corrected chi connectivity index (χ0v) is 18.1. The number of imide groups is 1. The van der Waals surface area contributed by atoms with Crippen LogP contribution in [0.15, 0.2) is 30.0 Å². The normalized spacial score (nSPS) is 18.3. The number of carbonyl (C=O) groups is 3. The van der Waals surface area contributed by atoms with Gasteiger partial charge in [0.25, 0.3) is 11.8 Å². The predicted octanol–water partition coefficient (Wildman–Crippen LogP) is 1.40. The van der Waals surface area contributed by atoms with Crippen molar-refractivity contribution in [3.63, 3.8) is 0 Å². The van der Waals surface area contributed by atoms with E-state index in [1.165, 1.54) is 11.8 Å². The summed E-state index contributed by atoms with van der Waals surface area (Å²) < 4.78 is 5.09. The van der Waals surface area contributed by atoms with E-state index in [1.807, 2.05) is 11.9 Å². The van der Waals surface area contributed by atoms with Crippen LogP contribution in [0.3, 0.4) is 0 Å². The van der Waals surface area contributed by atoms with E-state index in [9.17, 15) is 14.4 Å². The quantitative estimate of drug-likeness (QED) is 0.679. The smallest absolute Gasteiger partial charge is 0.277 e. The van der Waals surface area contributed by atoms with E-state index >= 15 is 0 Å². The van der Waals surface area contributed by atoms with Crippen LogP contribution in [0.25, 0.3) is 5.57 Å². The Hall–Kier alpha value is -2.71. The van der Waals surface area contributed by atoms with Crippen LogP contribution in [0.5, 0.6) is 0 Å². The lowest BCUT2D eigenvalue weighted by Gasteiger charge is -2.36. The molecule has 8 nitrogen and oxygen atoms in total. The van der Waals surface area contributed by atoms with Crippen molar-refractivity contribution in [3.8, 4) is 0 Å². The van der Waals surface area contributed by atoms with Gasteiger partial charge in [-0.1, -0.05) is 12.1 Å². The first-order chi connectivity index (χ1) is 14.3. The number of carbonyl (C=O) groups excluding carboxylic acids is 3. The SMILES string of the molecule is COCCN1C(=O)C(c2ccc(NC(C)=O)cc2)=C(N(C)C2CCN(C)CC2)C1=O. The Morgan fingerprint density at radius 2 is 1.80 bits per heavy atom. The number of hydrogen-bond acceptors (Lipinski definition) is 6. The molecule has 162 valence electrons. The van der Waals surface area contributed by atoms with Crippen molar-refractivity contribution in [2.75, 3.05) is 52.8 Å². The Bertz CT molecular complexity index is 841. The molecule has 0 bridgehead atoms. The van der Waals surface area contributed by atoms with Gasteiger partial charge in [-0.3, -0.25) is 19.3 Å². The predicted molar refractivity (Wildman–Crippen MR) is 115 cm³/mol. The summed E-state index contributed by atoms with van der Waals surface area (Å²) in [5, 5.41) is 2.72. The fourth-order valence-corrected chi connectivity index (χ4v) is 4.02. The van der Waals surface area contributed by atoms with Gasteiger partial charge < -0.3 is 19.9 Å². The zero-order valence-electron chi connectivity index (χ0n) is 18.1. The van der Waals surface area contributed by atoms with Gasteiger partial charge in [-0.2, -0.15) is 0 Å². The van der Waals surface area contributed by atoms with Crippen molar-refractivity contribution in [1.29, 1.82) is 0 Å². The fraction of sp³-hybridized carbons (Fsp3) is 0.500. The molecule has 3 rings (SSSR count). The third kappa shape index (κ3) is 4.55. The standard InChI is InChI=1S/C22H30N4O4/c1-15(27)23-17-7-5-16(6-8-17)19-20(22(29)26(21(19)28)13-14-30-4)25(3)18-9-11-24(2)12-10-18/h5-8,18H,9-14H2,1-4H3,(H,23,27). The molecule has 8 heteroatoms. The molecule has 30 heavy (non-hydrogen) atoms. The first kappa shape index (κ1) is 22.0. The van der Waals surface area contributed by atoms with Gasteiger partial charge >= 0.3 is 0 Å². The third-order valence-corrected chi connectivity index (χ3v) is 5.75. The molecule has 0 atom stereocenters. The minimum absolute atomic E-state index is 0.164. The number of hydrogen-bond donors (Lipinski definition) is 1. The van der Waals surface area contributed by atoms with E-state index < -0.39 is 0 Å². The topological polar surface area (TPSA) is 82.2 Å². The molecule has 2 aliphatic rings. The Morgan fingerprint density at radius 1 is 1.17 bits per heavy atom. The number of rotatable bonds is 7. The lowest BCUT2D eigenvalue weighted by molar-refractivity contribution is -0.138. The number of benzene rings is 1. The van der Waals surface area contributed by atoms with E-state index in [2.05, 4.69) is 17.3 Å². The van der Waals surface area contributed by atoms with Crippen molar-refractivity contribution in [2.45, 2.75) is 25.8 Å². The van der Waals surface area contributed by atoms with Gasteiger partial charge in [0, 0.05) is 32.8 Å².